The molecule has 0 bridgehead atoms. The predicted molar refractivity (Wildman–Crippen MR) is 86.3 cm³/mol. The second kappa shape index (κ2) is 7.37. The number of aromatic amines is 1. The molecule has 0 saturated carbocycles. The maximum absolute atomic E-state index is 13.1. The van der Waals surface area contributed by atoms with Crippen molar-refractivity contribution in [1.29, 1.82) is 0 Å². The van der Waals surface area contributed by atoms with E-state index >= 15 is 0 Å². The third-order valence-corrected chi connectivity index (χ3v) is 3.88. The molecule has 0 unspecified atom stereocenters. The minimum absolute atomic E-state index is 0.0986. The number of aromatic nitrogens is 2. The lowest BCUT2D eigenvalue weighted by atomic mass is 10.0. The third-order valence-electron chi connectivity index (χ3n) is 3.88. The Morgan fingerprint density at radius 3 is 2.57 bits per heavy atom. The van der Waals surface area contributed by atoms with E-state index in [2.05, 4.69) is 15.5 Å². The summed E-state index contributed by atoms with van der Waals surface area (Å²) in [5.41, 5.74) is 2.96. The van der Waals surface area contributed by atoms with Crippen molar-refractivity contribution in [3.05, 3.63) is 41.3 Å². The van der Waals surface area contributed by atoms with E-state index in [0.717, 1.165) is 16.8 Å². The molecule has 1 atom stereocenters. The van der Waals surface area contributed by atoms with E-state index in [4.69, 9.17) is 0 Å². The van der Waals surface area contributed by atoms with Crippen molar-refractivity contribution >= 4 is 5.91 Å². The number of amides is 1. The molecular formula is C17H22FN3O2. The van der Waals surface area contributed by atoms with Crippen LogP contribution in [0.5, 0.6) is 0 Å². The van der Waals surface area contributed by atoms with Crippen LogP contribution < -0.4 is 5.32 Å². The Bertz CT molecular complexity index is 665. The quantitative estimate of drug-likeness (QED) is 0.764. The van der Waals surface area contributed by atoms with Crippen molar-refractivity contribution in [2.45, 2.75) is 33.2 Å². The molecule has 6 heteroatoms. The van der Waals surface area contributed by atoms with E-state index < -0.39 is 0 Å². The van der Waals surface area contributed by atoms with Crippen molar-refractivity contribution in [2.75, 3.05) is 6.61 Å². The van der Waals surface area contributed by atoms with Gasteiger partial charge in [0.25, 0.3) is 0 Å². The Morgan fingerprint density at radius 1 is 1.35 bits per heavy atom. The van der Waals surface area contributed by atoms with E-state index in [0.29, 0.717) is 5.69 Å². The lowest BCUT2D eigenvalue weighted by molar-refractivity contribution is -0.121. The average molecular weight is 319 g/mol. The number of carbonyl (C=O) groups excluding carboxylic acids is 1. The van der Waals surface area contributed by atoms with Gasteiger partial charge in [-0.15, -0.1) is 0 Å². The van der Waals surface area contributed by atoms with E-state index in [1.54, 1.807) is 12.1 Å². The zero-order valence-corrected chi connectivity index (χ0v) is 13.6. The molecule has 1 amide bonds. The number of halogens is 1. The number of benzene rings is 1. The molecular weight excluding hydrogens is 297 g/mol. The number of aliphatic hydroxyl groups excluding tert-OH is 1. The van der Waals surface area contributed by atoms with Crippen LogP contribution in [0.2, 0.25) is 0 Å². The van der Waals surface area contributed by atoms with Gasteiger partial charge < -0.3 is 10.4 Å². The zero-order chi connectivity index (χ0) is 17.0. The van der Waals surface area contributed by atoms with E-state index in [1.165, 1.54) is 12.1 Å². The van der Waals surface area contributed by atoms with Gasteiger partial charge in [-0.1, -0.05) is 13.8 Å². The normalized spacial score (nSPS) is 12.4. The molecule has 3 N–H and O–H groups in total. The first kappa shape index (κ1) is 17.1. The van der Waals surface area contributed by atoms with Crippen molar-refractivity contribution in [2.24, 2.45) is 5.92 Å². The number of nitrogens with one attached hydrogen (secondary N) is 2. The summed E-state index contributed by atoms with van der Waals surface area (Å²) in [6.07, 6.45) is 0.151. The molecule has 0 radical (unpaired) electrons. The summed E-state index contributed by atoms with van der Waals surface area (Å²) >= 11 is 0. The number of hydrogen-bond donors (Lipinski definition) is 3. The topological polar surface area (TPSA) is 78.0 Å². The summed E-state index contributed by atoms with van der Waals surface area (Å²) in [6.45, 7) is 5.62. The molecule has 2 rings (SSSR count). The van der Waals surface area contributed by atoms with Gasteiger partial charge >= 0.3 is 0 Å². The van der Waals surface area contributed by atoms with Crippen LogP contribution in [0.15, 0.2) is 24.3 Å². The third kappa shape index (κ3) is 4.16. The van der Waals surface area contributed by atoms with Crippen LogP contribution in [0.4, 0.5) is 4.39 Å². The lowest BCUT2D eigenvalue weighted by Crippen LogP contribution is -2.41. The SMILES string of the molecule is Cc1[nH]nc(-c2ccc(F)cc2)c1CC(=O)N[C@H](CO)C(C)C. The standard InChI is InChI=1S/C17H22FN3O2/c1-10(2)15(9-22)19-16(23)8-14-11(3)20-21-17(14)12-4-6-13(18)7-5-12/h4-7,10,15,22H,8-9H2,1-3H3,(H,19,23)(H,20,21)/t15-/m1/s1. The van der Waals surface area contributed by atoms with Gasteiger partial charge in [0.2, 0.25) is 5.91 Å². The summed E-state index contributed by atoms with van der Waals surface area (Å²) in [4.78, 5) is 12.3. The second-order valence-electron chi connectivity index (χ2n) is 5.96. The number of aliphatic hydroxyl groups is 1. The molecule has 0 saturated heterocycles. The summed E-state index contributed by atoms with van der Waals surface area (Å²) in [6, 6.07) is 5.73. The zero-order valence-electron chi connectivity index (χ0n) is 13.6. The largest absolute Gasteiger partial charge is 0.394 e. The molecule has 5 nitrogen and oxygen atoms in total. The molecule has 2 aromatic rings. The van der Waals surface area contributed by atoms with Crippen molar-refractivity contribution in [3.8, 4) is 11.3 Å². The molecule has 0 aliphatic carbocycles. The number of nitrogens with zero attached hydrogens (tertiary/aromatic N) is 1. The Hall–Kier alpha value is -2.21. The highest BCUT2D eigenvalue weighted by Crippen LogP contribution is 2.24. The van der Waals surface area contributed by atoms with Crippen LogP contribution in [0, 0.1) is 18.7 Å². The monoisotopic (exact) mass is 319 g/mol. The molecule has 124 valence electrons. The average Bonchev–Trinajstić information content (AvgIpc) is 2.86. The van der Waals surface area contributed by atoms with Crippen LogP contribution in [0.1, 0.15) is 25.1 Å². The van der Waals surface area contributed by atoms with Crippen LogP contribution in [0.25, 0.3) is 11.3 Å². The maximum Gasteiger partial charge on any atom is 0.224 e. The van der Waals surface area contributed by atoms with E-state index in [-0.39, 0.29) is 36.7 Å². The highest BCUT2D eigenvalue weighted by atomic mass is 19.1. The fraction of sp³-hybridized carbons (Fsp3) is 0.412. The van der Waals surface area contributed by atoms with Gasteiger partial charge in [-0.2, -0.15) is 5.10 Å². The maximum atomic E-state index is 13.1. The number of rotatable bonds is 6. The van der Waals surface area contributed by atoms with Crippen LogP contribution >= 0.6 is 0 Å². The molecule has 1 aromatic carbocycles. The first-order chi connectivity index (χ1) is 10.9. The Kier molecular flexibility index (Phi) is 5.50. The number of aryl methyl sites for hydroxylation is 1. The number of H-pyrrole nitrogens is 1. The van der Waals surface area contributed by atoms with Gasteiger partial charge in [0, 0.05) is 16.8 Å². The number of carbonyl (C=O) groups is 1. The van der Waals surface area contributed by atoms with Crippen LogP contribution in [-0.2, 0) is 11.2 Å². The summed E-state index contributed by atoms with van der Waals surface area (Å²) < 4.78 is 13.1. The van der Waals surface area contributed by atoms with Crippen LogP contribution in [0.3, 0.4) is 0 Å². The minimum atomic E-state index is -0.317. The highest BCUT2D eigenvalue weighted by molar-refractivity contribution is 5.81. The fourth-order valence-electron chi connectivity index (χ4n) is 2.36. The van der Waals surface area contributed by atoms with Gasteiger partial charge in [0.05, 0.1) is 24.8 Å². The molecule has 23 heavy (non-hydrogen) atoms. The fourth-order valence-corrected chi connectivity index (χ4v) is 2.36. The van der Waals surface area contributed by atoms with Crippen LogP contribution in [-0.4, -0.2) is 33.9 Å². The summed E-state index contributed by atoms with van der Waals surface area (Å²) in [5, 5.41) is 19.2. The second-order valence-corrected chi connectivity index (χ2v) is 5.96. The van der Waals surface area contributed by atoms with Crippen molar-refractivity contribution < 1.29 is 14.3 Å². The molecule has 1 heterocycles. The Balaban J connectivity index is 2.19. The lowest BCUT2D eigenvalue weighted by Gasteiger charge is -2.20. The first-order valence-corrected chi connectivity index (χ1v) is 7.62. The van der Waals surface area contributed by atoms with Gasteiger partial charge in [-0.25, -0.2) is 4.39 Å². The van der Waals surface area contributed by atoms with E-state index in [9.17, 15) is 14.3 Å². The molecule has 0 aliphatic rings. The Labute approximate surface area is 134 Å². The molecule has 0 spiro atoms. The van der Waals surface area contributed by atoms with Gasteiger partial charge in [-0.3, -0.25) is 9.89 Å². The predicted octanol–water partition coefficient (Wildman–Crippen LogP) is 2.20. The molecule has 1 aromatic heterocycles. The van der Waals surface area contributed by atoms with Gasteiger partial charge in [-0.05, 0) is 37.1 Å². The highest BCUT2D eigenvalue weighted by Gasteiger charge is 2.19. The Morgan fingerprint density at radius 2 is 2.00 bits per heavy atom. The minimum Gasteiger partial charge on any atom is -0.394 e. The molecule has 0 fully saturated rings. The van der Waals surface area contributed by atoms with Crippen molar-refractivity contribution in [1.82, 2.24) is 15.5 Å². The molecule has 0 aliphatic heterocycles. The van der Waals surface area contributed by atoms with Gasteiger partial charge in [0.1, 0.15) is 5.82 Å². The summed E-state index contributed by atoms with van der Waals surface area (Å²) in [7, 11) is 0. The smallest absolute Gasteiger partial charge is 0.224 e. The summed E-state index contributed by atoms with van der Waals surface area (Å²) in [5.74, 6) is -0.348. The first-order valence-electron chi connectivity index (χ1n) is 7.62. The van der Waals surface area contributed by atoms with E-state index in [1.807, 2.05) is 20.8 Å². The van der Waals surface area contributed by atoms with Crippen molar-refractivity contribution in [3.63, 3.8) is 0 Å². The van der Waals surface area contributed by atoms with Gasteiger partial charge in [0.15, 0.2) is 0 Å². The number of hydrogen-bond acceptors (Lipinski definition) is 3.